The topological polar surface area (TPSA) is 55.4 Å². The first-order valence-electron chi connectivity index (χ1n) is 4.65. The summed E-state index contributed by atoms with van der Waals surface area (Å²) in [5.41, 5.74) is -0.992. The van der Waals surface area contributed by atoms with Gasteiger partial charge in [0.25, 0.3) is 0 Å². The van der Waals surface area contributed by atoms with Gasteiger partial charge in [-0.15, -0.1) is 0 Å². The van der Waals surface area contributed by atoms with Crippen LogP contribution in [0.5, 0.6) is 0 Å². The summed E-state index contributed by atoms with van der Waals surface area (Å²) >= 11 is 0. The number of carbonyl (C=O) groups excluding carboxylic acids is 2. The number of hydrogen-bond donors (Lipinski definition) is 1. The van der Waals surface area contributed by atoms with Crippen LogP contribution in [0.4, 0.5) is 0 Å². The fraction of sp³-hybridized carbons (Fsp3) is 0.778. The molecule has 70 valence electrons. The molecule has 3 fully saturated rings. The Labute approximate surface area is 75.6 Å². The molecular weight excluding hydrogens is 170 g/mol. The number of nitrogens with one attached hydrogen (secondary N) is 1. The van der Waals surface area contributed by atoms with E-state index in [0.717, 1.165) is 19.3 Å². The van der Waals surface area contributed by atoms with E-state index in [2.05, 4.69) is 5.32 Å². The van der Waals surface area contributed by atoms with Crippen molar-refractivity contribution in [3.63, 3.8) is 0 Å². The van der Waals surface area contributed by atoms with Gasteiger partial charge in [-0.05, 0) is 12.8 Å². The summed E-state index contributed by atoms with van der Waals surface area (Å²) in [5, 5.41) is 2.44. The first kappa shape index (κ1) is 7.50. The smallest absolute Gasteiger partial charge is 0.236 e. The Hall–Kier alpha value is -0.900. The predicted octanol–water partition coefficient (Wildman–Crippen LogP) is -0.170. The van der Waals surface area contributed by atoms with Gasteiger partial charge in [-0.3, -0.25) is 14.9 Å². The van der Waals surface area contributed by atoms with Crippen LogP contribution in [0.2, 0.25) is 0 Å². The molecule has 2 aliphatic heterocycles. The average Bonchev–Trinajstić information content (AvgIpc) is 2.61. The van der Waals surface area contributed by atoms with Crippen LogP contribution in [0, 0.1) is 10.8 Å². The number of hydrogen-bond acceptors (Lipinski definition) is 3. The lowest BCUT2D eigenvalue weighted by Crippen LogP contribution is -2.38. The van der Waals surface area contributed by atoms with Gasteiger partial charge in [0.15, 0.2) is 0 Å². The van der Waals surface area contributed by atoms with E-state index >= 15 is 0 Å². The molecule has 0 bridgehead atoms. The van der Waals surface area contributed by atoms with Crippen molar-refractivity contribution in [3.05, 3.63) is 0 Å². The first-order valence-corrected chi connectivity index (χ1v) is 4.65. The van der Waals surface area contributed by atoms with Crippen molar-refractivity contribution in [2.45, 2.75) is 19.3 Å². The molecule has 2 amide bonds. The monoisotopic (exact) mass is 181 g/mol. The van der Waals surface area contributed by atoms with Crippen LogP contribution in [0.3, 0.4) is 0 Å². The summed E-state index contributed by atoms with van der Waals surface area (Å²) in [6.07, 6.45) is 2.59. The van der Waals surface area contributed by atoms with E-state index in [9.17, 15) is 9.59 Å². The lowest BCUT2D eigenvalue weighted by atomic mass is 9.70. The minimum Gasteiger partial charge on any atom is -0.379 e. The normalized spacial score (nSPS) is 47.7. The molecule has 1 saturated carbocycles. The second-order valence-electron chi connectivity index (χ2n) is 4.29. The molecule has 2 unspecified atom stereocenters. The maximum atomic E-state index is 11.7. The molecule has 0 aromatic carbocycles. The van der Waals surface area contributed by atoms with Gasteiger partial charge in [0.1, 0.15) is 0 Å². The summed E-state index contributed by atoms with van der Waals surface area (Å²) in [6.45, 7) is 0.870. The highest BCUT2D eigenvalue weighted by Crippen LogP contribution is 2.59. The van der Waals surface area contributed by atoms with Crippen molar-refractivity contribution in [1.29, 1.82) is 0 Å². The SMILES string of the molecule is O=C1NC(=O)C23CCCC12COC3. The van der Waals surface area contributed by atoms with Gasteiger partial charge in [0.05, 0.1) is 24.0 Å². The highest BCUT2D eigenvalue weighted by Gasteiger charge is 2.71. The fourth-order valence-electron chi connectivity index (χ4n) is 3.13. The third kappa shape index (κ3) is 0.572. The van der Waals surface area contributed by atoms with E-state index in [1.165, 1.54) is 0 Å². The standard InChI is InChI=1S/C9H11NO3/c11-6-8-2-1-3-9(8,5-13-4-8)7(12)10-6/h1-5H2,(H,10,11,12). The van der Waals surface area contributed by atoms with E-state index in [-0.39, 0.29) is 11.8 Å². The van der Waals surface area contributed by atoms with Crippen LogP contribution in [0.15, 0.2) is 0 Å². The quantitative estimate of drug-likeness (QED) is 0.528. The third-order valence-electron chi connectivity index (χ3n) is 3.92. The molecule has 3 rings (SSSR count). The van der Waals surface area contributed by atoms with E-state index in [1.807, 2.05) is 0 Å². The van der Waals surface area contributed by atoms with Crippen LogP contribution in [0.25, 0.3) is 0 Å². The zero-order valence-electron chi connectivity index (χ0n) is 7.26. The maximum absolute atomic E-state index is 11.7. The van der Waals surface area contributed by atoms with Crippen LogP contribution in [-0.4, -0.2) is 25.0 Å². The second-order valence-corrected chi connectivity index (χ2v) is 4.29. The van der Waals surface area contributed by atoms with Crippen molar-refractivity contribution in [2.24, 2.45) is 10.8 Å². The van der Waals surface area contributed by atoms with E-state index in [4.69, 9.17) is 4.74 Å². The van der Waals surface area contributed by atoms with Gasteiger partial charge in [0.2, 0.25) is 11.8 Å². The second kappa shape index (κ2) is 1.95. The average molecular weight is 181 g/mol. The van der Waals surface area contributed by atoms with Gasteiger partial charge in [-0.2, -0.15) is 0 Å². The molecule has 0 aromatic heterocycles. The molecule has 13 heavy (non-hydrogen) atoms. The van der Waals surface area contributed by atoms with Crippen LogP contribution in [0.1, 0.15) is 19.3 Å². The Morgan fingerprint density at radius 1 is 1.08 bits per heavy atom. The first-order chi connectivity index (χ1) is 6.21. The molecule has 0 aromatic rings. The molecule has 4 nitrogen and oxygen atoms in total. The van der Waals surface area contributed by atoms with Crippen LogP contribution >= 0.6 is 0 Å². The number of amides is 2. The van der Waals surface area contributed by atoms with Crippen molar-refractivity contribution in [3.8, 4) is 0 Å². The van der Waals surface area contributed by atoms with Crippen LogP contribution < -0.4 is 5.32 Å². The molecule has 2 heterocycles. The minimum absolute atomic E-state index is 0.104. The summed E-state index contributed by atoms with van der Waals surface area (Å²) in [4.78, 5) is 23.3. The van der Waals surface area contributed by atoms with E-state index < -0.39 is 10.8 Å². The Morgan fingerprint density at radius 2 is 1.62 bits per heavy atom. The summed E-state index contributed by atoms with van der Waals surface area (Å²) in [7, 11) is 0. The molecule has 0 radical (unpaired) electrons. The summed E-state index contributed by atoms with van der Waals surface area (Å²) in [5.74, 6) is -0.208. The molecule has 4 heteroatoms. The zero-order valence-corrected chi connectivity index (χ0v) is 7.26. The van der Waals surface area contributed by atoms with E-state index in [0.29, 0.717) is 13.2 Å². The third-order valence-corrected chi connectivity index (χ3v) is 3.92. The number of rotatable bonds is 0. The van der Waals surface area contributed by atoms with E-state index in [1.54, 1.807) is 0 Å². The van der Waals surface area contributed by atoms with Crippen molar-refractivity contribution in [2.75, 3.05) is 13.2 Å². The van der Waals surface area contributed by atoms with Gasteiger partial charge in [-0.25, -0.2) is 0 Å². The fourth-order valence-corrected chi connectivity index (χ4v) is 3.13. The van der Waals surface area contributed by atoms with Gasteiger partial charge >= 0.3 is 0 Å². The Balaban J connectivity index is 2.20. The Morgan fingerprint density at radius 3 is 2.15 bits per heavy atom. The summed E-state index contributed by atoms with van der Waals surface area (Å²) in [6, 6.07) is 0. The molecule has 1 aliphatic carbocycles. The summed E-state index contributed by atoms with van der Waals surface area (Å²) < 4.78 is 5.32. The lowest BCUT2D eigenvalue weighted by Gasteiger charge is -2.24. The Kier molecular flexibility index (Phi) is 1.12. The van der Waals surface area contributed by atoms with Gasteiger partial charge < -0.3 is 4.74 Å². The molecule has 0 spiro atoms. The van der Waals surface area contributed by atoms with Crippen molar-refractivity contribution < 1.29 is 14.3 Å². The molecule has 1 N–H and O–H groups in total. The lowest BCUT2D eigenvalue weighted by molar-refractivity contribution is -0.130. The largest absolute Gasteiger partial charge is 0.379 e. The molecule has 2 saturated heterocycles. The number of imide groups is 1. The predicted molar refractivity (Wildman–Crippen MR) is 42.7 cm³/mol. The number of carbonyl (C=O) groups is 2. The maximum Gasteiger partial charge on any atom is 0.236 e. The van der Waals surface area contributed by atoms with Crippen LogP contribution in [-0.2, 0) is 14.3 Å². The number of ether oxygens (including phenoxy) is 1. The highest BCUT2D eigenvalue weighted by atomic mass is 16.5. The highest BCUT2D eigenvalue weighted by molar-refractivity contribution is 6.10. The Bertz CT molecular complexity index is 272. The van der Waals surface area contributed by atoms with Gasteiger partial charge in [-0.1, -0.05) is 6.42 Å². The molecule has 3 aliphatic rings. The minimum atomic E-state index is -0.496. The van der Waals surface area contributed by atoms with Gasteiger partial charge in [0, 0.05) is 0 Å². The van der Waals surface area contributed by atoms with Crippen molar-refractivity contribution in [1.82, 2.24) is 5.32 Å². The zero-order chi connectivity index (χ0) is 9.10. The molecule has 2 atom stereocenters. The molecular formula is C9H11NO3. The van der Waals surface area contributed by atoms with Crippen molar-refractivity contribution >= 4 is 11.8 Å².